The molecular formula is C14H14FNO2. The van der Waals surface area contributed by atoms with E-state index in [1.165, 1.54) is 18.2 Å². The van der Waals surface area contributed by atoms with Crippen molar-refractivity contribution in [1.82, 2.24) is 4.98 Å². The average molecular weight is 247 g/mol. The fourth-order valence-corrected chi connectivity index (χ4v) is 2.19. The fraction of sp³-hybridized carbons (Fsp3) is 0.286. The topological polar surface area (TPSA) is 50.2 Å². The van der Waals surface area contributed by atoms with Gasteiger partial charge >= 0.3 is 5.97 Å². The quantitative estimate of drug-likeness (QED) is 0.883. The molecular weight excluding hydrogens is 233 g/mol. The molecule has 0 saturated heterocycles. The number of pyridine rings is 1. The van der Waals surface area contributed by atoms with Gasteiger partial charge in [0.2, 0.25) is 0 Å². The minimum atomic E-state index is -1.05. The Hall–Kier alpha value is -1.97. The molecule has 0 atom stereocenters. The molecule has 0 aliphatic heterocycles. The molecule has 3 nitrogen and oxygen atoms in total. The van der Waals surface area contributed by atoms with Crippen LogP contribution in [0, 0.1) is 12.7 Å². The maximum Gasteiger partial charge on any atom is 0.336 e. The van der Waals surface area contributed by atoms with E-state index in [1.54, 1.807) is 6.92 Å². The summed E-state index contributed by atoms with van der Waals surface area (Å²) in [6.45, 7) is 5.63. The maximum absolute atomic E-state index is 13.3. The standard InChI is InChI=1S/C14H14FNO2/c1-7(2)13-8(3)12(14(17)18)10-6-9(15)4-5-11(10)16-13/h4-7H,1-3H3,(H,17,18). The molecule has 4 heteroatoms. The van der Waals surface area contributed by atoms with Crippen molar-refractivity contribution in [3.8, 4) is 0 Å². The molecule has 1 aromatic carbocycles. The number of rotatable bonds is 2. The highest BCUT2D eigenvalue weighted by Crippen LogP contribution is 2.27. The number of aromatic nitrogens is 1. The normalized spacial score (nSPS) is 11.2. The zero-order chi connectivity index (χ0) is 13.4. The maximum atomic E-state index is 13.3. The van der Waals surface area contributed by atoms with E-state index in [1.807, 2.05) is 13.8 Å². The lowest BCUT2D eigenvalue weighted by molar-refractivity contribution is 0.0698. The molecule has 0 aliphatic carbocycles. The van der Waals surface area contributed by atoms with E-state index >= 15 is 0 Å². The summed E-state index contributed by atoms with van der Waals surface area (Å²) in [6.07, 6.45) is 0. The highest BCUT2D eigenvalue weighted by atomic mass is 19.1. The minimum absolute atomic E-state index is 0.123. The van der Waals surface area contributed by atoms with Gasteiger partial charge in [-0.2, -0.15) is 0 Å². The Morgan fingerprint density at radius 2 is 2.06 bits per heavy atom. The fourth-order valence-electron chi connectivity index (χ4n) is 2.19. The molecule has 0 fully saturated rings. The van der Waals surface area contributed by atoms with Crippen LogP contribution in [0.15, 0.2) is 18.2 Å². The lowest BCUT2D eigenvalue weighted by atomic mass is 9.96. The molecule has 0 spiro atoms. The highest BCUT2D eigenvalue weighted by Gasteiger charge is 2.19. The molecule has 0 bridgehead atoms. The van der Waals surface area contributed by atoms with Crippen LogP contribution in [-0.2, 0) is 0 Å². The van der Waals surface area contributed by atoms with Crippen molar-refractivity contribution in [2.75, 3.05) is 0 Å². The summed E-state index contributed by atoms with van der Waals surface area (Å²) in [5.41, 5.74) is 2.01. The first-order chi connectivity index (χ1) is 8.41. The lowest BCUT2D eigenvalue weighted by Gasteiger charge is -2.14. The van der Waals surface area contributed by atoms with E-state index in [2.05, 4.69) is 4.98 Å². The Labute approximate surface area is 104 Å². The van der Waals surface area contributed by atoms with Crippen LogP contribution < -0.4 is 0 Å². The third-order valence-corrected chi connectivity index (χ3v) is 2.99. The van der Waals surface area contributed by atoms with Crippen molar-refractivity contribution >= 4 is 16.9 Å². The number of carbonyl (C=O) groups is 1. The second-order valence-electron chi connectivity index (χ2n) is 4.62. The Bertz CT molecular complexity index is 635. The summed E-state index contributed by atoms with van der Waals surface area (Å²) in [7, 11) is 0. The zero-order valence-electron chi connectivity index (χ0n) is 10.5. The van der Waals surface area contributed by atoms with Crippen molar-refractivity contribution < 1.29 is 14.3 Å². The van der Waals surface area contributed by atoms with Crippen LogP contribution in [-0.4, -0.2) is 16.1 Å². The van der Waals surface area contributed by atoms with Gasteiger partial charge in [-0.15, -0.1) is 0 Å². The summed E-state index contributed by atoms with van der Waals surface area (Å²) in [6, 6.07) is 4.03. The van der Waals surface area contributed by atoms with E-state index in [9.17, 15) is 14.3 Å². The molecule has 0 radical (unpaired) electrons. The van der Waals surface area contributed by atoms with Gasteiger partial charge in [-0.3, -0.25) is 4.98 Å². The molecule has 0 amide bonds. The van der Waals surface area contributed by atoms with Crippen LogP contribution >= 0.6 is 0 Å². The van der Waals surface area contributed by atoms with Crippen molar-refractivity contribution in [3.63, 3.8) is 0 Å². The predicted molar refractivity (Wildman–Crippen MR) is 67.5 cm³/mol. The number of nitrogens with zero attached hydrogens (tertiary/aromatic N) is 1. The number of carboxylic acid groups (broad SMARTS) is 1. The van der Waals surface area contributed by atoms with Crippen molar-refractivity contribution in [2.45, 2.75) is 26.7 Å². The molecule has 1 N–H and O–H groups in total. The number of hydrogen-bond donors (Lipinski definition) is 1. The molecule has 1 heterocycles. The molecule has 2 rings (SSSR count). The van der Waals surface area contributed by atoms with Gasteiger partial charge < -0.3 is 5.11 Å². The monoisotopic (exact) mass is 247 g/mol. The first kappa shape index (κ1) is 12.5. The number of carboxylic acids is 1. The number of fused-ring (bicyclic) bond motifs is 1. The highest BCUT2D eigenvalue weighted by molar-refractivity contribution is 6.04. The molecule has 94 valence electrons. The third kappa shape index (κ3) is 1.94. The summed E-state index contributed by atoms with van der Waals surface area (Å²) >= 11 is 0. The van der Waals surface area contributed by atoms with Gasteiger partial charge in [0, 0.05) is 11.1 Å². The summed E-state index contributed by atoms with van der Waals surface area (Å²) in [5.74, 6) is -1.38. The van der Waals surface area contributed by atoms with E-state index in [0.29, 0.717) is 16.5 Å². The molecule has 18 heavy (non-hydrogen) atoms. The Balaban J connectivity index is 2.92. The van der Waals surface area contributed by atoms with Gasteiger partial charge in [0.25, 0.3) is 0 Å². The van der Waals surface area contributed by atoms with Crippen LogP contribution in [0.2, 0.25) is 0 Å². The smallest absolute Gasteiger partial charge is 0.336 e. The third-order valence-electron chi connectivity index (χ3n) is 2.99. The molecule has 0 saturated carbocycles. The Kier molecular flexibility index (Phi) is 3.03. The van der Waals surface area contributed by atoms with E-state index in [0.717, 1.165) is 5.69 Å². The number of benzene rings is 1. The van der Waals surface area contributed by atoms with Crippen LogP contribution in [0.3, 0.4) is 0 Å². The first-order valence-corrected chi connectivity index (χ1v) is 5.75. The molecule has 2 aromatic rings. The second kappa shape index (κ2) is 4.37. The first-order valence-electron chi connectivity index (χ1n) is 5.75. The van der Waals surface area contributed by atoms with Crippen LogP contribution in [0.5, 0.6) is 0 Å². The lowest BCUT2D eigenvalue weighted by Crippen LogP contribution is -2.08. The summed E-state index contributed by atoms with van der Waals surface area (Å²) in [5, 5.41) is 9.66. The van der Waals surface area contributed by atoms with E-state index in [4.69, 9.17) is 0 Å². The number of aromatic carboxylic acids is 1. The average Bonchev–Trinajstić information content (AvgIpc) is 2.26. The van der Waals surface area contributed by atoms with E-state index < -0.39 is 11.8 Å². The molecule has 0 aliphatic rings. The van der Waals surface area contributed by atoms with E-state index in [-0.39, 0.29) is 11.5 Å². The SMILES string of the molecule is Cc1c(C(C)C)nc2ccc(F)cc2c1C(=O)O. The Morgan fingerprint density at radius 1 is 1.39 bits per heavy atom. The predicted octanol–water partition coefficient (Wildman–Crippen LogP) is 3.50. The second-order valence-corrected chi connectivity index (χ2v) is 4.62. The van der Waals surface area contributed by atoms with Gasteiger partial charge in [-0.1, -0.05) is 13.8 Å². The number of hydrogen-bond acceptors (Lipinski definition) is 2. The van der Waals surface area contributed by atoms with Gasteiger partial charge in [0.05, 0.1) is 11.1 Å². The summed E-state index contributed by atoms with van der Waals surface area (Å²) in [4.78, 5) is 15.8. The van der Waals surface area contributed by atoms with Gasteiger partial charge in [0.15, 0.2) is 0 Å². The largest absolute Gasteiger partial charge is 0.478 e. The van der Waals surface area contributed by atoms with Crippen molar-refractivity contribution in [2.24, 2.45) is 0 Å². The van der Waals surface area contributed by atoms with Crippen molar-refractivity contribution in [1.29, 1.82) is 0 Å². The van der Waals surface area contributed by atoms with Gasteiger partial charge in [-0.05, 0) is 36.6 Å². The van der Waals surface area contributed by atoms with Crippen LogP contribution in [0.4, 0.5) is 4.39 Å². The van der Waals surface area contributed by atoms with Gasteiger partial charge in [0.1, 0.15) is 5.82 Å². The summed E-state index contributed by atoms with van der Waals surface area (Å²) < 4.78 is 13.3. The zero-order valence-corrected chi connectivity index (χ0v) is 10.5. The molecule has 0 unspecified atom stereocenters. The molecule has 1 aromatic heterocycles. The van der Waals surface area contributed by atoms with Gasteiger partial charge in [-0.25, -0.2) is 9.18 Å². The number of halogens is 1. The van der Waals surface area contributed by atoms with Crippen molar-refractivity contribution in [3.05, 3.63) is 40.8 Å². The minimum Gasteiger partial charge on any atom is -0.478 e. The van der Waals surface area contributed by atoms with Crippen LogP contribution in [0.25, 0.3) is 10.9 Å². The van der Waals surface area contributed by atoms with Crippen LogP contribution in [0.1, 0.15) is 41.4 Å². The Morgan fingerprint density at radius 3 is 2.61 bits per heavy atom.